The van der Waals surface area contributed by atoms with Crippen molar-refractivity contribution in [3.8, 4) is 11.5 Å². The Bertz CT molecular complexity index is 1190. The molecule has 0 saturated carbocycles. The number of rotatable bonds is 19. The highest BCUT2D eigenvalue weighted by Crippen LogP contribution is 2.25. The Morgan fingerprint density at radius 3 is 1.43 bits per heavy atom. The molecule has 0 radical (unpaired) electrons. The number of ketones is 2. The Labute approximate surface area is 259 Å². The van der Waals surface area contributed by atoms with Crippen molar-refractivity contribution in [2.24, 2.45) is 0 Å². The first-order valence-corrected chi connectivity index (χ1v) is 15.1. The molecule has 0 saturated heterocycles. The fraction of sp³-hybridized carbons (Fsp3) is 0.515. The molecule has 0 aliphatic heterocycles. The minimum Gasteiger partial charge on any atom is -0.490 e. The van der Waals surface area contributed by atoms with Crippen LogP contribution in [0.3, 0.4) is 0 Å². The standard InChI is InChI=1S/C33H47N3O8/c1-7-9-32(41)34-24-11-13-30(28(15-24)22(5)37)43-19-26(39)17-36(21(3)4)18-27(40)20-44-31-14-12-25(16-29(31)23(6)38)35-33(42)10-8-2/h11-16,21,26-27,39-40H,7-10,17-20H2,1-6H3,(H,34,41)(H,35,42). The molecular formula is C33H47N3O8. The molecule has 11 heteroatoms. The molecule has 0 fully saturated rings. The van der Waals surface area contributed by atoms with Crippen molar-refractivity contribution in [3.63, 3.8) is 0 Å². The van der Waals surface area contributed by atoms with Crippen LogP contribution >= 0.6 is 0 Å². The number of carbonyl (C=O) groups excluding carboxylic acids is 4. The van der Waals surface area contributed by atoms with E-state index in [4.69, 9.17) is 9.47 Å². The molecule has 11 nitrogen and oxygen atoms in total. The van der Waals surface area contributed by atoms with Crippen LogP contribution in [-0.4, -0.2) is 83.0 Å². The SMILES string of the molecule is CCCC(=O)Nc1ccc(OCC(O)CN(CC(O)COc2ccc(NC(=O)CCC)cc2C(C)=O)C(C)C)c(C(C)=O)c1. The van der Waals surface area contributed by atoms with Crippen molar-refractivity contribution in [1.82, 2.24) is 4.90 Å². The highest BCUT2D eigenvalue weighted by molar-refractivity contribution is 6.00. The third-order valence-corrected chi connectivity index (χ3v) is 6.72. The van der Waals surface area contributed by atoms with Crippen molar-refractivity contribution in [1.29, 1.82) is 0 Å². The van der Waals surface area contributed by atoms with Gasteiger partial charge in [0, 0.05) is 43.3 Å². The van der Waals surface area contributed by atoms with E-state index in [1.807, 2.05) is 32.6 Å². The van der Waals surface area contributed by atoms with Gasteiger partial charge in [-0.3, -0.25) is 24.1 Å². The van der Waals surface area contributed by atoms with Gasteiger partial charge in [0.05, 0.1) is 11.1 Å². The van der Waals surface area contributed by atoms with Crippen LogP contribution in [0.2, 0.25) is 0 Å². The predicted octanol–water partition coefficient (Wildman–Crippen LogP) is 4.46. The van der Waals surface area contributed by atoms with E-state index in [9.17, 15) is 29.4 Å². The van der Waals surface area contributed by atoms with Crippen LogP contribution in [0.15, 0.2) is 36.4 Å². The van der Waals surface area contributed by atoms with Crippen LogP contribution in [0, 0.1) is 0 Å². The van der Waals surface area contributed by atoms with Crippen LogP contribution in [0.1, 0.15) is 87.9 Å². The van der Waals surface area contributed by atoms with E-state index in [1.54, 1.807) is 36.4 Å². The lowest BCUT2D eigenvalue weighted by Gasteiger charge is -2.30. The number of ether oxygens (including phenoxy) is 2. The monoisotopic (exact) mass is 613 g/mol. The summed E-state index contributed by atoms with van der Waals surface area (Å²) in [5.41, 5.74) is 1.57. The second-order valence-electron chi connectivity index (χ2n) is 11.1. The van der Waals surface area contributed by atoms with Gasteiger partial charge in [-0.1, -0.05) is 13.8 Å². The topological polar surface area (TPSA) is 154 Å². The highest BCUT2D eigenvalue weighted by Gasteiger charge is 2.21. The Kier molecular flexibility index (Phi) is 15.0. The predicted molar refractivity (Wildman–Crippen MR) is 170 cm³/mol. The van der Waals surface area contributed by atoms with Gasteiger partial charge in [0.2, 0.25) is 11.8 Å². The van der Waals surface area contributed by atoms with Crippen LogP contribution in [-0.2, 0) is 9.59 Å². The molecule has 0 spiro atoms. The first-order valence-electron chi connectivity index (χ1n) is 15.1. The molecule has 2 unspecified atom stereocenters. The number of nitrogens with one attached hydrogen (secondary N) is 2. The van der Waals surface area contributed by atoms with Gasteiger partial charge in [0.25, 0.3) is 0 Å². The summed E-state index contributed by atoms with van der Waals surface area (Å²) >= 11 is 0. The van der Waals surface area contributed by atoms with E-state index in [-0.39, 0.29) is 55.7 Å². The van der Waals surface area contributed by atoms with Gasteiger partial charge in [-0.2, -0.15) is 0 Å². The minimum absolute atomic E-state index is 0.0307. The van der Waals surface area contributed by atoms with E-state index >= 15 is 0 Å². The smallest absolute Gasteiger partial charge is 0.224 e. The Balaban J connectivity index is 1.97. The van der Waals surface area contributed by atoms with Gasteiger partial charge in [-0.25, -0.2) is 0 Å². The number of carbonyl (C=O) groups is 4. The van der Waals surface area contributed by atoms with Gasteiger partial charge < -0.3 is 30.3 Å². The number of nitrogens with zero attached hydrogens (tertiary/aromatic N) is 1. The van der Waals surface area contributed by atoms with Gasteiger partial charge in [0.15, 0.2) is 11.6 Å². The summed E-state index contributed by atoms with van der Waals surface area (Å²) in [7, 11) is 0. The molecule has 0 aliphatic rings. The molecule has 0 aliphatic carbocycles. The molecule has 2 rings (SSSR count). The summed E-state index contributed by atoms with van der Waals surface area (Å²) in [6.45, 7) is 10.6. The van der Waals surface area contributed by atoms with Crippen molar-refractivity contribution < 1.29 is 38.9 Å². The minimum atomic E-state index is -0.936. The molecule has 0 aromatic heterocycles. The van der Waals surface area contributed by atoms with Crippen molar-refractivity contribution in [2.45, 2.75) is 85.5 Å². The Morgan fingerprint density at radius 2 is 1.11 bits per heavy atom. The molecule has 2 amide bonds. The number of Topliss-reactive ketones (excluding diaryl/α,β-unsaturated/α-hetero) is 2. The molecule has 44 heavy (non-hydrogen) atoms. The lowest BCUT2D eigenvalue weighted by atomic mass is 10.1. The average molecular weight is 614 g/mol. The summed E-state index contributed by atoms with van der Waals surface area (Å²) in [5, 5.41) is 27.0. The van der Waals surface area contributed by atoms with Gasteiger partial charge >= 0.3 is 0 Å². The fourth-order valence-corrected chi connectivity index (χ4v) is 4.43. The van der Waals surface area contributed by atoms with Gasteiger partial charge in [0.1, 0.15) is 36.9 Å². The third-order valence-electron chi connectivity index (χ3n) is 6.72. The molecular weight excluding hydrogens is 566 g/mol. The van der Waals surface area contributed by atoms with E-state index in [1.165, 1.54) is 13.8 Å². The first kappa shape index (κ1) is 36.4. The lowest BCUT2D eigenvalue weighted by Crippen LogP contribution is -2.45. The Morgan fingerprint density at radius 1 is 0.727 bits per heavy atom. The zero-order valence-corrected chi connectivity index (χ0v) is 26.6. The maximum absolute atomic E-state index is 12.2. The van der Waals surface area contributed by atoms with Crippen molar-refractivity contribution >= 4 is 34.8 Å². The quantitative estimate of drug-likeness (QED) is 0.168. The fourth-order valence-electron chi connectivity index (χ4n) is 4.43. The summed E-state index contributed by atoms with van der Waals surface area (Å²) in [6.07, 6.45) is 0.289. The van der Waals surface area contributed by atoms with Crippen LogP contribution in [0.25, 0.3) is 0 Å². The highest BCUT2D eigenvalue weighted by atomic mass is 16.5. The van der Waals surface area contributed by atoms with E-state index in [0.29, 0.717) is 59.7 Å². The van der Waals surface area contributed by atoms with E-state index < -0.39 is 12.2 Å². The number of hydrogen-bond acceptors (Lipinski definition) is 9. The number of aliphatic hydroxyl groups excluding tert-OH is 2. The van der Waals surface area contributed by atoms with Crippen LogP contribution < -0.4 is 20.1 Å². The largest absolute Gasteiger partial charge is 0.490 e. The number of hydrogen-bond donors (Lipinski definition) is 4. The Hall–Kier alpha value is -3.80. The van der Waals surface area contributed by atoms with Gasteiger partial charge in [-0.05, 0) is 76.9 Å². The molecule has 0 bridgehead atoms. The van der Waals surface area contributed by atoms with Crippen molar-refractivity contribution in [2.75, 3.05) is 36.9 Å². The maximum Gasteiger partial charge on any atom is 0.224 e. The molecule has 242 valence electrons. The van der Waals surface area contributed by atoms with Crippen LogP contribution in [0.4, 0.5) is 11.4 Å². The molecule has 2 aromatic carbocycles. The number of anilines is 2. The summed E-state index contributed by atoms with van der Waals surface area (Å²) in [4.78, 5) is 50.2. The lowest BCUT2D eigenvalue weighted by molar-refractivity contribution is -0.117. The molecule has 2 aromatic rings. The average Bonchev–Trinajstić information content (AvgIpc) is 2.95. The third kappa shape index (κ3) is 12.1. The zero-order chi connectivity index (χ0) is 32.8. The summed E-state index contributed by atoms with van der Waals surface area (Å²) < 4.78 is 11.6. The zero-order valence-electron chi connectivity index (χ0n) is 26.6. The molecule has 2 atom stereocenters. The van der Waals surface area contributed by atoms with Crippen molar-refractivity contribution in [3.05, 3.63) is 47.5 Å². The molecule has 4 N–H and O–H groups in total. The van der Waals surface area contributed by atoms with Crippen LogP contribution in [0.5, 0.6) is 11.5 Å². The van der Waals surface area contributed by atoms with E-state index in [2.05, 4.69) is 10.6 Å². The maximum atomic E-state index is 12.2. The number of amides is 2. The second-order valence-corrected chi connectivity index (χ2v) is 11.1. The number of aliphatic hydroxyl groups is 2. The first-order chi connectivity index (χ1) is 20.8. The summed E-state index contributed by atoms with van der Waals surface area (Å²) in [5.74, 6) is -0.165. The summed E-state index contributed by atoms with van der Waals surface area (Å²) in [6, 6.07) is 9.56. The number of benzene rings is 2. The molecule has 0 heterocycles. The normalized spacial score (nSPS) is 12.5. The second kappa shape index (κ2) is 18.1. The van der Waals surface area contributed by atoms with Gasteiger partial charge in [-0.15, -0.1) is 0 Å². The van der Waals surface area contributed by atoms with E-state index in [0.717, 1.165) is 0 Å².